The quantitative estimate of drug-likeness (QED) is 0.745. The predicted molar refractivity (Wildman–Crippen MR) is 107 cm³/mol. The standard InChI is InChI=1S/C22H32N2O3/c1-16-8-6-11-20(17(16)2)24-15-18(14-21(24)25)22(26)23-12-7-13-27-19-9-4-3-5-10-19/h6,8,11,18-19H,3-5,7,9-10,12-15H2,1-2H3,(H,23,26). The Morgan fingerprint density at radius 1 is 1.22 bits per heavy atom. The number of hydrogen-bond donors (Lipinski definition) is 1. The summed E-state index contributed by atoms with van der Waals surface area (Å²) < 4.78 is 5.89. The number of benzene rings is 1. The van der Waals surface area contributed by atoms with Gasteiger partial charge in [0.1, 0.15) is 0 Å². The maximum absolute atomic E-state index is 12.5. The van der Waals surface area contributed by atoms with Crippen molar-refractivity contribution in [2.24, 2.45) is 5.92 Å². The first kappa shape index (κ1) is 19.9. The molecule has 3 rings (SSSR count). The Kier molecular flexibility index (Phi) is 6.89. The molecule has 1 aliphatic carbocycles. The van der Waals surface area contributed by atoms with Crippen molar-refractivity contribution in [1.82, 2.24) is 5.32 Å². The van der Waals surface area contributed by atoms with Crippen LogP contribution in [0.15, 0.2) is 18.2 Å². The molecule has 2 amide bonds. The summed E-state index contributed by atoms with van der Waals surface area (Å²) in [4.78, 5) is 26.6. The number of anilines is 1. The van der Waals surface area contributed by atoms with E-state index in [2.05, 4.69) is 5.32 Å². The normalized spacial score (nSPS) is 20.9. The van der Waals surface area contributed by atoms with Crippen LogP contribution in [0.3, 0.4) is 0 Å². The van der Waals surface area contributed by atoms with Crippen LogP contribution in [-0.4, -0.2) is 37.6 Å². The number of aryl methyl sites for hydroxylation is 1. The SMILES string of the molecule is Cc1cccc(N2CC(C(=O)NCCCOC3CCCCC3)CC2=O)c1C. The van der Waals surface area contributed by atoms with Crippen molar-refractivity contribution >= 4 is 17.5 Å². The summed E-state index contributed by atoms with van der Waals surface area (Å²) in [5, 5.41) is 2.98. The third-order valence-corrected chi connectivity index (χ3v) is 5.89. The first-order valence-corrected chi connectivity index (χ1v) is 10.3. The third-order valence-electron chi connectivity index (χ3n) is 5.89. The zero-order valence-corrected chi connectivity index (χ0v) is 16.6. The van der Waals surface area contributed by atoms with E-state index in [0.717, 1.165) is 23.2 Å². The Bertz CT molecular complexity index is 668. The largest absolute Gasteiger partial charge is 0.378 e. The van der Waals surface area contributed by atoms with Crippen LogP contribution >= 0.6 is 0 Å². The predicted octanol–water partition coefficient (Wildman–Crippen LogP) is 3.51. The Morgan fingerprint density at radius 3 is 2.78 bits per heavy atom. The average Bonchev–Trinajstić information content (AvgIpc) is 3.06. The third kappa shape index (κ3) is 5.10. The van der Waals surface area contributed by atoms with E-state index in [9.17, 15) is 9.59 Å². The van der Waals surface area contributed by atoms with E-state index < -0.39 is 0 Å². The van der Waals surface area contributed by atoms with Crippen LogP contribution in [0.1, 0.15) is 56.1 Å². The van der Waals surface area contributed by atoms with Gasteiger partial charge in [0.15, 0.2) is 0 Å². The maximum atomic E-state index is 12.5. The highest BCUT2D eigenvalue weighted by atomic mass is 16.5. The first-order chi connectivity index (χ1) is 13.1. The van der Waals surface area contributed by atoms with Crippen LogP contribution < -0.4 is 10.2 Å². The van der Waals surface area contributed by atoms with Crippen molar-refractivity contribution in [3.05, 3.63) is 29.3 Å². The molecule has 1 aromatic carbocycles. The molecule has 2 aliphatic rings. The number of nitrogens with one attached hydrogen (secondary N) is 1. The number of ether oxygens (including phenoxy) is 1. The zero-order valence-electron chi connectivity index (χ0n) is 16.6. The van der Waals surface area contributed by atoms with E-state index in [-0.39, 0.29) is 24.2 Å². The van der Waals surface area contributed by atoms with Gasteiger partial charge in [-0.15, -0.1) is 0 Å². The lowest BCUT2D eigenvalue weighted by Crippen LogP contribution is -2.34. The molecule has 1 unspecified atom stereocenters. The molecule has 1 aliphatic heterocycles. The van der Waals surface area contributed by atoms with E-state index in [1.165, 1.54) is 32.1 Å². The summed E-state index contributed by atoms with van der Waals surface area (Å²) in [6.07, 6.45) is 7.74. The summed E-state index contributed by atoms with van der Waals surface area (Å²) >= 11 is 0. The van der Waals surface area contributed by atoms with Gasteiger partial charge in [0.25, 0.3) is 0 Å². The van der Waals surface area contributed by atoms with Gasteiger partial charge in [-0.25, -0.2) is 0 Å². The van der Waals surface area contributed by atoms with Gasteiger partial charge < -0.3 is 15.0 Å². The Labute approximate surface area is 162 Å². The number of rotatable bonds is 7. The van der Waals surface area contributed by atoms with Crippen molar-refractivity contribution in [2.45, 2.75) is 64.9 Å². The van der Waals surface area contributed by atoms with Crippen LogP contribution in [0, 0.1) is 19.8 Å². The molecule has 2 fully saturated rings. The van der Waals surface area contributed by atoms with Gasteiger partial charge in [-0.3, -0.25) is 9.59 Å². The molecule has 0 spiro atoms. The molecule has 1 aromatic rings. The molecule has 0 radical (unpaired) electrons. The van der Waals surface area contributed by atoms with Gasteiger partial charge in [0.05, 0.1) is 12.0 Å². The summed E-state index contributed by atoms with van der Waals surface area (Å²) in [6.45, 7) is 5.84. The summed E-state index contributed by atoms with van der Waals surface area (Å²) in [5.74, 6) is -0.255. The molecule has 5 nitrogen and oxygen atoms in total. The van der Waals surface area contributed by atoms with Crippen molar-refractivity contribution in [3.8, 4) is 0 Å². The Morgan fingerprint density at radius 2 is 2.00 bits per heavy atom. The van der Waals surface area contributed by atoms with Gasteiger partial charge >= 0.3 is 0 Å². The number of carbonyl (C=O) groups is 2. The molecular formula is C22H32N2O3. The summed E-state index contributed by atoms with van der Waals surface area (Å²) in [7, 11) is 0. The molecule has 148 valence electrons. The van der Waals surface area contributed by atoms with Crippen LogP contribution in [0.25, 0.3) is 0 Å². The lowest BCUT2D eigenvalue weighted by atomic mass is 9.98. The summed E-state index contributed by atoms with van der Waals surface area (Å²) in [5.41, 5.74) is 3.19. The van der Waals surface area contributed by atoms with Crippen molar-refractivity contribution in [1.29, 1.82) is 0 Å². The fourth-order valence-corrected chi connectivity index (χ4v) is 4.05. The van der Waals surface area contributed by atoms with Crippen molar-refractivity contribution < 1.29 is 14.3 Å². The highest BCUT2D eigenvalue weighted by molar-refractivity contribution is 6.00. The molecule has 1 N–H and O–H groups in total. The van der Waals surface area contributed by atoms with Crippen molar-refractivity contribution in [3.63, 3.8) is 0 Å². The number of hydrogen-bond acceptors (Lipinski definition) is 3. The molecule has 27 heavy (non-hydrogen) atoms. The fourth-order valence-electron chi connectivity index (χ4n) is 4.05. The number of carbonyl (C=O) groups excluding carboxylic acids is 2. The van der Waals surface area contributed by atoms with Crippen molar-refractivity contribution in [2.75, 3.05) is 24.6 Å². The Hall–Kier alpha value is -1.88. The van der Waals surface area contributed by atoms with Gasteiger partial charge in [0, 0.05) is 31.8 Å². The lowest BCUT2D eigenvalue weighted by Gasteiger charge is -2.22. The highest BCUT2D eigenvalue weighted by Gasteiger charge is 2.35. The molecule has 1 saturated heterocycles. The molecule has 5 heteroatoms. The fraction of sp³-hybridized carbons (Fsp3) is 0.636. The molecule has 0 bridgehead atoms. The minimum Gasteiger partial charge on any atom is -0.378 e. The highest BCUT2D eigenvalue weighted by Crippen LogP contribution is 2.29. The van der Waals surface area contributed by atoms with Crippen LogP contribution in [-0.2, 0) is 14.3 Å². The smallest absolute Gasteiger partial charge is 0.227 e. The van der Waals surface area contributed by atoms with Crippen LogP contribution in [0.4, 0.5) is 5.69 Å². The second-order valence-electron chi connectivity index (χ2n) is 7.90. The van der Waals surface area contributed by atoms with E-state index in [4.69, 9.17) is 4.74 Å². The zero-order chi connectivity index (χ0) is 19.2. The molecular weight excluding hydrogens is 340 g/mol. The molecule has 1 saturated carbocycles. The second kappa shape index (κ2) is 9.36. The van der Waals surface area contributed by atoms with Gasteiger partial charge in [0.2, 0.25) is 11.8 Å². The van der Waals surface area contributed by atoms with Crippen LogP contribution in [0.2, 0.25) is 0 Å². The maximum Gasteiger partial charge on any atom is 0.227 e. The van der Waals surface area contributed by atoms with Gasteiger partial charge in [-0.2, -0.15) is 0 Å². The molecule has 1 atom stereocenters. The lowest BCUT2D eigenvalue weighted by molar-refractivity contribution is -0.126. The van der Waals surface area contributed by atoms with Gasteiger partial charge in [-0.1, -0.05) is 31.4 Å². The number of nitrogens with zero attached hydrogens (tertiary/aromatic N) is 1. The van der Waals surface area contributed by atoms with Crippen LogP contribution in [0.5, 0.6) is 0 Å². The topological polar surface area (TPSA) is 58.6 Å². The van der Waals surface area contributed by atoms with E-state index in [0.29, 0.717) is 25.8 Å². The number of amides is 2. The average molecular weight is 373 g/mol. The minimum atomic E-state index is -0.267. The Balaban J connectivity index is 1.41. The van der Waals surface area contributed by atoms with Gasteiger partial charge in [-0.05, 0) is 50.3 Å². The van der Waals surface area contributed by atoms with E-state index >= 15 is 0 Å². The van der Waals surface area contributed by atoms with E-state index in [1.54, 1.807) is 4.90 Å². The summed E-state index contributed by atoms with van der Waals surface area (Å²) in [6, 6.07) is 5.97. The molecule has 0 aromatic heterocycles. The first-order valence-electron chi connectivity index (χ1n) is 10.3. The monoisotopic (exact) mass is 372 g/mol. The second-order valence-corrected chi connectivity index (χ2v) is 7.90. The minimum absolute atomic E-state index is 0.0196. The van der Waals surface area contributed by atoms with E-state index in [1.807, 2.05) is 32.0 Å². The molecule has 1 heterocycles.